The zero-order chi connectivity index (χ0) is 16.1. The van der Waals surface area contributed by atoms with Crippen molar-refractivity contribution >= 4 is 33.2 Å². The van der Waals surface area contributed by atoms with Gasteiger partial charge < -0.3 is 5.32 Å². The molecule has 0 atom stereocenters. The molecule has 0 aliphatic heterocycles. The second-order valence-corrected chi connectivity index (χ2v) is 6.86. The fourth-order valence-electron chi connectivity index (χ4n) is 2.14. The summed E-state index contributed by atoms with van der Waals surface area (Å²) in [4.78, 5) is 16.6. The fraction of sp³-hybridized carbons (Fsp3) is 0.111. The Balaban J connectivity index is 1.55. The number of carbonyl (C=O) groups is 1. The molecular weight excluding hydrogens is 372 g/mol. The molecule has 2 aromatic carbocycles. The van der Waals surface area contributed by atoms with Gasteiger partial charge in [0.1, 0.15) is 5.01 Å². The summed E-state index contributed by atoms with van der Waals surface area (Å²) >= 11 is 4.98. The van der Waals surface area contributed by atoms with Gasteiger partial charge in [-0.3, -0.25) is 4.79 Å². The summed E-state index contributed by atoms with van der Waals surface area (Å²) in [6.07, 6.45) is 0.378. The summed E-state index contributed by atoms with van der Waals surface area (Å²) in [5, 5.41) is 5.88. The van der Waals surface area contributed by atoms with Crippen molar-refractivity contribution in [2.45, 2.75) is 13.0 Å². The number of nitrogens with one attached hydrogen (secondary N) is 1. The Bertz CT molecular complexity index is 784. The Morgan fingerprint density at radius 2 is 1.83 bits per heavy atom. The van der Waals surface area contributed by atoms with Gasteiger partial charge in [-0.15, -0.1) is 11.3 Å². The molecule has 0 saturated heterocycles. The maximum atomic E-state index is 12.0. The van der Waals surface area contributed by atoms with Crippen molar-refractivity contribution in [1.29, 1.82) is 0 Å². The van der Waals surface area contributed by atoms with Gasteiger partial charge >= 0.3 is 0 Å². The SMILES string of the molecule is O=C(Cc1ccc(Br)cc1)NCc1csc(-c2ccccc2)n1. The Labute approximate surface area is 147 Å². The van der Waals surface area contributed by atoms with E-state index in [0.717, 1.165) is 26.3 Å². The lowest BCUT2D eigenvalue weighted by Crippen LogP contribution is -2.24. The monoisotopic (exact) mass is 386 g/mol. The molecule has 0 saturated carbocycles. The first-order valence-corrected chi connectivity index (χ1v) is 8.89. The van der Waals surface area contributed by atoms with Gasteiger partial charge in [0.25, 0.3) is 0 Å². The third-order valence-corrected chi connectivity index (χ3v) is 4.79. The zero-order valence-electron chi connectivity index (χ0n) is 12.3. The van der Waals surface area contributed by atoms with Crippen molar-refractivity contribution in [3.63, 3.8) is 0 Å². The molecule has 3 aromatic rings. The molecule has 0 bridgehead atoms. The summed E-state index contributed by atoms with van der Waals surface area (Å²) in [7, 11) is 0. The van der Waals surface area contributed by atoms with Gasteiger partial charge in [0, 0.05) is 15.4 Å². The van der Waals surface area contributed by atoms with Crippen LogP contribution in [0.2, 0.25) is 0 Å². The van der Waals surface area contributed by atoms with Crippen molar-refractivity contribution in [2.24, 2.45) is 0 Å². The van der Waals surface area contributed by atoms with Crippen LogP contribution in [0.5, 0.6) is 0 Å². The van der Waals surface area contributed by atoms with E-state index in [-0.39, 0.29) is 5.91 Å². The second kappa shape index (κ2) is 7.53. The number of rotatable bonds is 5. The highest BCUT2D eigenvalue weighted by atomic mass is 79.9. The molecule has 3 nitrogen and oxygen atoms in total. The molecule has 0 unspecified atom stereocenters. The van der Waals surface area contributed by atoms with Gasteiger partial charge in [0.2, 0.25) is 5.91 Å². The van der Waals surface area contributed by atoms with Crippen LogP contribution in [0.25, 0.3) is 10.6 Å². The Morgan fingerprint density at radius 3 is 2.57 bits per heavy atom. The van der Waals surface area contributed by atoms with Gasteiger partial charge in [-0.1, -0.05) is 58.4 Å². The molecule has 0 spiro atoms. The molecule has 0 fully saturated rings. The predicted molar refractivity (Wildman–Crippen MR) is 97.2 cm³/mol. The van der Waals surface area contributed by atoms with E-state index >= 15 is 0 Å². The van der Waals surface area contributed by atoms with Crippen LogP contribution >= 0.6 is 27.3 Å². The van der Waals surface area contributed by atoms with Crippen LogP contribution in [0.15, 0.2) is 64.5 Å². The van der Waals surface area contributed by atoms with Gasteiger partial charge in [-0.25, -0.2) is 4.98 Å². The zero-order valence-corrected chi connectivity index (χ0v) is 14.7. The standard InChI is InChI=1S/C18H15BrN2OS/c19-15-8-6-13(7-9-15)10-17(22)20-11-16-12-23-18(21-16)14-4-2-1-3-5-14/h1-9,12H,10-11H2,(H,20,22). The molecule has 1 amide bonds. The molecule has 1 N–H and O–H groups in total. The Morgan fingerprint density at radius 1 is 1.09 bits per heavy atom. The van der Waals surface area contributed by atoms with Crippen LogP contribution in [-0.2, 0) is 17.8 Å². The van der Waals surface area contributed by atoms with Crippen molar-refractivity contribution < 1.29 is 4.79 Å². The highest BCUT2D eigenvalue weighted by Gasteiger charge is 2.07. The van der Waals surface area contributed by atoms with Crippen LogP contribution in [-0.4, -0.2) is 10.9 Å². The Hall–Kier alpha value is -1.98. The third kappa shape index (κ3) is 4.50. The van der Waals surface area contributed by atoms with Crippen LogP contribution < -0.4 is 5.32 Å². The number of carbonyl (C=O) groups excluding carboxylic acids is 1. The minimum atomic E-state index is 0.00147. The molecule has 0 aliphatic carbocycles. The van der Waals surface area contributed by atoms with Gasteiger partial charge in [-0.05, 0) is 17.7 Å². The van der Waals surface area contributed by atoms with E-state index in [1.165, 1.54) is 0 Å². The molecule has 0 radical (unpaired) electrons. The molecule has 0 aliphatic rings. The lowest BCUT2D eigenvalue weighted by molar-refractivity contribution is -0.120. The van der Waals surface area contributed by atoms with Crippen LogP contribution in [0.4, 0.5) is 0 Å². The van der Waals surface area contributed by atoms with E-state index in [0.29, 0.717) is 13.0 Å². The Kier molecular flexibility index (Phi) is 5.20. The average molecular weight is 387 g/mol. The maximum absolute atomic E-state index is 12.0. The summed E-state index contributed by atoms with van der Waals surface area (Å²) in [5.74, 6) is 0.00147. The van der Waals surface area contributed by atoms with E-state index in [9.17, 15) is 4.79 Å². The largest absolute Gasteiger partial charge is 0.350 e. The number of hydrogen-bond donors (Lipinski definition) is 1. The smallest absolute Gasteiger partial charge is 0.224 e. The lowest BCUT2D eigenvalue weighted by atomic mass is 10.1. The number of thiazole rings is 1. The number of benzene rings is 2. The summed E-state index contributed by atoms with van der Waals surface area (Å²) in [6, 6.07) is 17.8. The number of nitrogens with zero attached hydrogens (tertiary/aromatic N) is 1. The van der Waals surface area contributed by atoms with Crippen LogP contribution in [0, 0.1) is 0 Å². The maximum Gasteiger partial charge on any atom is 0.224 e. The van der Waals surface area contributed by atoms with Crippen molar-refractivity contribution in [1.82, 2.24) is 10.3 Å². The number of aromatic nitrogens is 1. The molecule has 23 heavy (non-hydrogen) atoms. The quantitative estimate of drug-likeness (QED) is 0.704. The van der Waals surface area contributed by atoms with Crippen LogP contribution in [0.3, 0.4) is 0 Å². The van der Waals surface area contributed by atoms with E-state index in [2.05, 4.69) is 26.2 Å². The summed E-state index contributed by atoms with van der Waals surface area (Å²) in [6.45, 7) is 0.457. The minimum Gasteiger partial charge on any atom is -0.350 e. The van der Waals surface area contributed by atoms with E-state index in [1.807, 2.05) is 60.0 Å². The normalized spacial score (nSPS) is 10.5. The molecule has 3 rings (SSSR count). The van der Waals surface area contributed by atoms with Gasteiger partial charge in [0.15, 0.2) is 0 Å². The molecule has 1 aromatic heterocycles. The summed E-state index contributed by atoms with van der Waals surface area (Å²) in [5.41, 5.74) is 2.98. The number of amides is 1. The average Bonchev–Trinajstić information content (AvgIpc) is 3.05. The first-order chi connectivity index (χ1) is 11.2. The second-order valence-electron chi connectivity index (χ2n) is 5.09. The summed E-state index contributed by atoms with van der Waals surface area (Å²) < 4.78 is 1.01. The highest BCUT2D eigenvalue weighted by Crippen LogP contribution is 2.23. The molecular formula is C18H15BrN2OS. The lowest BCUT2D eigenvalue weighted by Gasteiger charge is -2.04. The third-order valence-electron chi connectivity index (χ3n) is 3.32. The van der Waals surface area contributed by atoms with E-state index in [1.54, 1.807) is 11.3 Å². The van der Waals surface area contributed by atoms with E-state index < -0.39 is 0 Å². The van der Waals surface area contributed by atoms with Gasteiger partial charge in [0.05, 0.1) is 18.7 Å². The van der Waals surface area contributed by atoms with Crippen LogP contribution in [0.1, 0.15) is 11.3 Å². The van der Waals surface area contributed by atoms with Gasteiger partial charge in [-0.2, -0.15) is 0 Å². The highest BCUT2D eigenvalue weighted by molar-refractivity contribution is 9.10. The minimum absolute atomic E-state index is 0.00147. The predicted octanol–water partition coefficient (Wildman–Crippen LogP) is 4.43. The topological polar surface area (TPSA) is 42.0 Å². The molecule has 116 valence electrons. The molecule has 5 heteroatoms. The van der Waals surface area contributed by atoms with Crippen molar-refractivity contribution in [3.8, 4) is 10.6 Å². The fourth-order valence-corrected chi connectivity index (χ4v) is 3.23. The van der Waals surface area contributed by atoms with Crippen molar-refractivity contribution in [3.05, 3.63) is 75.7 Å². The van der Waals surface area contributed by atoms with E-state index in [4.69, 9.17) is 0 Å². The molecule has 1 heterocycles. The number of hydrogen-bond acceptors (Lipinski definition) is 3. The first-order valence-electron chi connectivity index (χ1n) is 7.22. The van der Waals surface area contributed by atoms with Crippen molar-refractivity contribution in [2.75, 3.05) is 0 Å². The first kappa shape index (κ1) is 15.9. The number of halogens is 1.